The van der Waals surface area contributed by atoms with Crippen LogP contribution in [0.5, 0.6) is 0 Å². The van der Waals surface area contributed by atoms with Crippen LogP contribution < -0.4 is 0 Å². The Hall–Kier alpha value is -0.610. The Morgan fingerprint density at radius 1 is 1.53 bits per heavy atom. The second-order valence-corrected chi connectivity index (χ2v) is 4.85. The summed E-state index contributed by atoms with van der Waals surface area (Å²) in [6, 6.07) is 0. The monoisotopic (exact) mass is 214 g/mol. The molecular weight excluding hydrogens is 196 g/mol. The summed E-state index contributed by atoms with van der Waals surface area (Å²) in [4.78, 5) is 11.5. The highest BCUT2D eigenvalue weighted by atomic mass is 16.7. The van der Waals surface area contributed by atoms with E-state index in [0.717, 1.165) is 12.8 Å². The van der Waals surface area contributed by atoms with Crippen molar-refractivity contribution in [2.24, 2.45) is 0 Å². The Labute approximate surface area is 89.9 Å². The molecule has 86 valence electrons. The topological polar surface area (TPSA) is 48.1 Å². The molecule has 0 amide bonds. The lowest BCUT2D eigenvalue weighted by Crippen LogP contribution is -2.41. The second kappa shape index (κ2) is 3.46. The number of epoxide rings is 1. The van der Waals surface area contributed by atoms with Crippen LogP contribution in [0.25, 0.3) is 0 Å². The molecule has 0 unspecified atom stereocenters. The molecule has 0 aromatic heterocycles. The quantitative estimate of drug-likeness (QED) is 0.513. The van der Waals surface area contributed by atoms with Crippen LogP contribution in [-0.4, -0.2) is 36.5 Å². The molecule has 2 fully saturated rings. The van der Waals surface area contributed by atoms with Crippen molar-refractivity contribution >= 4 is 5.97 Å². The summed E-state index contributed by atoms with van der Waals surface area (Å²) in [7, 11) is 0. The Balaban J connectivity index is 1.97. The standard InChI is InChI=1S/C11H18O4/c1-4-13-9(12)8-11(15-8)5-6-14-10(2,3)7-11/h8H,4-7H2,1-3H3/t8-,11-/m0/s1. The number of esters is 1. The van der Waals surface area contributed by atoms with Gasteiger partial charge in [-0.25, -0.2) is 4.79 Å². The summed E-state index contributed by atoms with van der Waals surface area (Å²) >= 11 is 0. The zero-order valence-electron chi connectivity index (χ0n) is 9.54. The first-order valence-corrected chi connectivity index (χ1v) is 5.47. The van der Waals surface area contributed by atoms with Gasteiger partial charge in [-0.1, -0.05) is 0 Å². The van der Waals surface area contributed by atoms with Gasteiger partial charge in [0.25, 0.3) is 0 Å². The highest BCUT2D eigenvalue weighted by Gasteiger charge is 2.64. The van der Waals surface area contributed by atoms with Gasteiger partial charge in [0.05, 0.1) is 18.8 Å². The van der Waals surface area contributed by atoms with Crippen molar-refractivity contribution in [3.8, 4) is 0 Å². The molecule has 2 aliphatic rings. The lowest BCUT2D eigenvalue weighted by Gasteiger charge is -2.34. The van der Waals surface area contributed by atoms with Gasteiger partial charge < -0.3 is 14.2 Å². The number of carbonyl (C=O) groups excluding carboxylic acids is 1. The second-order valence-electron chi connectivity index (χ2n) is 4.85. The molecule has 2 aliphatic heterocycles. The lowest BCUT2D eigenvalue weighted by molar-refractivity contribution is -0.144. The van der Waals surface area contributed by atoms with Crippen molar-refractivity contribution in [1.82, 2.24) is 0 Å². The van der Waals surface area contributed by atoms with Crippen LogP contribution in [0.15, 0.2) is 0 Å². The number of carbonyl (C=O) groups is 1. The normalized spacial score (nSPS) is 37.7. The van der Waals surface area contributed by atoms with Crippen molar-refractivity contribution in [3.63, 3.8) is 0 Å². The molecule has 0 radical (unpaired) electrons. The van der Waals surface area contributed by atoms with Gasteiger partial charge >= 0.3 is 5.97 Å². The fourth-order valence-electron chi connectivity index (χ4n) is 2.37. The van der Waals surface area contributed by atoms with Crippen LogP contribution in [0.2, 0.25) is 0 Å². The maximum atomic E-state index is 11.5. The first-order valence-electron chi connectivity index (χ1n) is 5.47. The van der Waals surface area contributed by atoms with Gasteiger partial charge in [-0.05, 0) is 20.8 Å². The van der Waals surface area contributed by atoms with Gasteiger partial charge in [0.15, 0.2) is 6.10 Å². The average molecular weight is 214 g/mol. The summed E-state index contributed by atoms with van der Waals surface area (Å²) in [5.74, 6) is -0.227. The molecule has 0 bridgehead atoms. The molecule has 2 atom stereocenters. The summed E-state index contributed by atoms with van der Waals surface area (Å²) in [5, 5.41) is 0. The maximum absolute atomic E-state index is 11.5. The van der Waals surface area contributed by atoms with E-state index in [1.54, 1.807) is 6.92 Å². The molecule has 15 heavy (non-hydrogen) atoms. The number of ether oxygens (including phenoxy) is 3. The summed E-state index contributed by atoms with van der Waals surface area (Å²) in [6.45, 7) is 6.92. The van der Waals surface area contributed by atoms with E-state index < -0.39 is 0 Å². The van der Waals surface area contributed by atoms with Crippen LogP contribution >= 0.6 is 0 Å². The van der Waals surface area contributed by atoms with E-state index in [0.29, 0.717) is 13.2 Å². The maximum Gasteiger partial charge on any atom is 0.338 e. The molecule has 2 heterocycles. The zero-order chi connectivity index (χ0) is 11.1. The minimum absolute atomic E-state index is 0.195. The smallest absolute Gasteiger partial charge is 0.338 e. The van der Waals surface area contributed by atoms with Crippen LogP contribution in [0.4, 0.5) is 0 Å². The van der Waals surface area contributed by atoms with Crippen molar-refractivity contribution in [1.29, 1.82) is 0 Å². The Bertz CT molecular complexity index is 274. The first kappa shape index (κ1) is 10.9. The van der Waals surface area contributed by atoms with Gasteiger partial charge in [0.2, 0.25) is 0 Å². The summed E-state index contributed by atoms with van der Waals surface area (Å²) in [6.07, 6.45) is 1.20. The molecule has 0 N–H and O–H groups in total. The third-order valence-electron chi connectivity index (χ3n) is 3.02. The minimum atomic E-state index is -0.361. The fraction of sp³-hybridized carbons (Fsp3) is 0.909. The van der Waals surface area contributed by atoms with E-state index in [4.69, 9.17) is 14.2 Å². The molecule has 0 aromatic rings. The summed E-state index contributed by atoms with van der Waals surface area (Å²) in [5.41, 5.74) is -0.493. The third-order valence-corrected chi connectivity index (χ3v) is 3.02. The molecule has 2 rings (SSSR count). The van der Waals surface area contributed by atoms with Crippen LogP contribution in [0.3, 0.4) is 0 Å². The highest BCUT2D eigenvalue weighted by molar-refractivity contribution is 5.79. The molecule has 1 spiro atoms. The van der Waals surface area contributed by atoms with Gasteiger partial charge in [0.1, 0.15) is 5.60 Å². The van der Waals surface area contributed by atoms with Gasteiger partial charge in [-0.3, -0.25) is 0 Å². The van der Waals surface area contributed by atoms with E-state index in [1.165, 1.54) is 0 Å². The lowest BCUT2D eigenvalue weighted by atomic mass is 9.86. The third kappa shape index (κ3) is 2.01. The fourth-order valence-corrected chi connectivity index (χ4v) is 2.37. The van der Waals surface area contributed by atoms with Crippen molar-refractivity contribution in [2.45, 2.75) is 50.9 Å². The van der Waals surface area contributed by atoms with E-state index in [1.807, 2.05) is 13.8 Å². The van der Waals surface area contributed by atoms with Crippen molar-refractivity contribution < 1.29 is 19.0 Å². The van der Waals surface area contributed by atoms with Gasteiger partial charge in [-0.15, -0.1) is 0 Å². The molecule has 0 saturated carbocycles. The minimum Gasteiger partial charge on any atom is -0.464 e. The molecule has 4 heteroatoms. The van der Waals surface area contributed by atoms with E-state index in [-0.39, 0.29) is 23.3 Å². The predicted molar refractivity (Wildman–Crippen MR) is 53.5 cm³/mol. The van der Waals surface area contributed by atoms with Crippen LogP contribution in [0.1, 0.15) is 33.6 Å². The Kier molecular flexibility index (Phi) is 2.51. The van der Waals surface area contributed by atoms with E-state index >= 15 is 0 Å². The number of hydrogen-bond donors (Lipinski definition) is 0. The number of hydrogen-bond acceptors (Lipinski definition) is 4. The SMILES string of the molecule is CCOC(=O)[C@@H]1O[C@]12CCOC(C)(C)C2. The van der Waals surface area contributed by atoms with Crippen LogP contribution in [-0.2, 0) is 19.0 Å². The van der Waals surface area contributed by atoms with Crippen molar-refractivity contribution in [2.75, 3.05) is 13.2 Å². The van der Waals surface area contributed by atoms with E-state index in [9.17, 15) is 4.79 Å². The first-order chi connectivity index (χ1) is 6.99. The Morgan fingerprint density at radius 3 is 2.87 bits per heavy atom. The molecule has 2 saturated heterocycles. The van der Waals surface area contributed by atoms with E-state index in [2.05, 4.69) is 0 Å². The zero-order valence-corrected chi connectivity index (χ0v) is 9.54. The molecule has 4 nitrogen and oxygen atoms in total. The predicted octanol–water partition coefficient (Wildman–Crippen LogP) is 1.28. The highest BCUT2D eigenvalue weighted by Crippen LogP contribution is 2.49. The molecule has 0 aliphatic carbocycles. The Morgan fingerprint density at radius 2 is 2.27 bits per heavy atom. The van der Waals surface area contributed by atoms with Gasteiger partial charge in [-0.2, -0.15) is 0 Å². The number of rotatable bonds is 2. The molecule has 0 aromatic carbocycles. The van der Waals surface area contributed by atoms with Gasteiger partial charge in [0, 0.05) is 12.8 Å². The average Bonchev–Trinajstić information content (AvgIpc) is 2.77. The molecular formula is C11H18O4. The van der Waals surface area contributed by atoms with Crippen molar-refractivity contribution in [3.05, 3.63) is 0 Å². The van der Waals surface area contributed by atoms with Crippen LogP contribution in [0, 0.1) is 0 Å². The summed E-state index contributed by atoms with van der Waals surface area (Å²) < 4.78 is 16.1. The largest absolute Gasteiger partial charge is 0.464 e.